The van der Waals surface area contributed by atoms with Gasteiger partial charge < -0.3 is 10.1 Å². The molecular formula is C24H17Br2Cl2NO. The van der Waals surface area contributed by atoms with Gasteiger partial charge in [0.05, 0.1) is 14.5 Å². The molecule has 0 fully saturated rings. The van der Waals surface area contributed by atoms with E-state index in [1.165, 1.54) is 10.8 Å². The van der Waals surface area contributed by atoms with Crippen LogP contribution < -0.4 is 10.1 Å². The minimum absolute atomic E-state index is 0.474. The quantitative estimate of drug-likeness (QED) is 0.252. The van der Waals surface area contributed by atoms with Crippen LogP contribution >= 0.6 is 55.1 Å². The van der Waals surface area contributed by atoms with E-state index in [-0.39, 0.29) is 0 Å². The number of hydrogen-bond acceptors (Lipinski definition) is 2. The highest BCUT2D eigenvalue weighted by Crippen LogP contribution is 2.35. The van der Waals surface area contributed by atoms with Gasteiger partial charge in [0, 0.05) is 22.3 Å². The van der Waals surface area contributed by atoms with Crippen LogP contribution in [0.25, 0.3) is 10.8 Å². The Kier molecular flexibility index (Phi) is 6.89. The summed E-state index contributed by atoms with van der Waals surface area (Å²) in [6, 6.07) is 24.1. The fourth-order valence-electron chi connectivity index (χ4n) is 3.28. The van der Waals surface area contributed by atoms with Gasteiger partial charge in [-0.05, 0) is 62.6 Å². The highest BCUT2D eigenvalue weighted by Gasteiger charge is 2.12. The van der Waals surface area contributed by atoms with Gasteiger partial charge in [-0.2, -0.15) is 0 Å². The van der Waals surface area contributed by atoms with Crippen LogP contribution in [-0.4, -0.2) is 0 Å². The molecule has 0 aliphatic heterocycles. The zero-order valence-electron chi connectivity index (χ0n) is 15.8. The van der Waals surface area contributed by atoms with Gasteiger partial charge in [0.15, 0.2) is 0 Å². The van der Waals surface area contributed by atoms with Crippen molar-refractivity contribution < 1.29 is 4.74 Å². The van der Waals surface area contributed by atoms with Gasteiger partial charge in [-0.1, -0.05) is 81.6 Å². The highest BCUT2D eigenvalue weighted by molar-refractivity contribution is 9.11. The number of anilines is 1. The molecule has 0 radical (unpaired) electrons. The monoisotopic (exact) mass is 563 g/mol. The largest absolute Gasteiger partial charge is 0.487 e. The van der Waals surface area contributed by atoms with Crippen molar-refractivity contribution in [1.29, 1.82) is 0 Å². The number of ether oxygens (including phenoxy) is 1. The predicted octanol–water partition coefficient (Wildman–Crippen LogP) is 8.86. The average Bonchev–Trinajstić information content (AvgIpc) is 2.74. The summed E-state index contributed by atoms with van der Waals surface area (Å²) >= 11 is 19.4. The van der Waals surface area contributed by atoms with Crippen LogP contribution in [-0.2, 0) is 13.2 Å². The zero-order valence-corrected chi connectivity index (χ0v) is 20.4. The minimum Gasteiger partial charge on any atom is -0.487 e. The zero-order chi connectivity index (χ0) is 21.1. The fraction of sp³-hybridized carbons (Fsp3) is 0.0833. The maximum Gasteiger partial charge on any atom is 0.139 e. The Morgan fingerprint density at radius 2 is 1.60 bits per heavy atom. The van der Waals surface area contributed by atoms with Gasteiger partial charge in [0.2, 0.25) is 0 Å². The molecule has 152 valence electrons. The molecule has 0 aliphatic rings. The van der Waals surface area contributed by atoms with E-state index in [0.29, 0.717) is 23.2 Å². The summed E-state index contributed by atoms with van der Waals surface area (Å²) in [5, 5.41) is 6.84. The molecule has 4 aromatic rings. The van der Waals surface area contributed by atoms with Gasteiger partial charge in [0.25, 0.3) is 0 Å². The normalized spacial score (nSPS) is 10.9. The van der Waals surface area contributed by atoms with Crippen LogP contribution in [0.5, 0.6) is 5.75 Å². The van der Waals surface area contributed by atoms with E-state index in [0.717, 1.165) is 31.5 Å². The van der Waals surface area contributed by atoms with Gasteiger partial charge in [-0.3, -0.25) is 0 Å². The van der Waals surface area contributed by atoms with Crippen molar-refractivity contribution in [2.75, 3.05) is 5.32 Å². The Bertz CT molecular complexity index is 1210. The first-order valence-electron chi connectivity index (χ1n) is 9.27. The highest BCUT2D eigenvalue weighted by atomic mass is 79.9. The van der Waals surface area contributed by atoms with Crippen LogP contribution in [0.3, 0.4) is 0 Å². The Hall–Kier alpha value is -1.72. The van der Waals surface area contributed by atoms with Crippen LogP contribution in [0.15, 0.2) is 81.7 Å². The van der Waals surface area contributed by atoms with Crippen molar-refractivity contribution in [2.45, 2.75) is 13.2 Å². The van der Waals surface area contributed by atoms with Gasteiger partial charge >= 0.3 is 0 Å². The lowest BCUT2D eigenvalue weighted by Gasteiger charge is -2.16. The average molecular weight is 566 g/mol. The third-order valence-electron chi connectivity index (χ3n) is 4.74. The van der Waals surface area contributed by atoms with Crippen molar-refractivity contribution in [3.05, 3.63) is 103 Å². The molecule has 1 N–H and O–H groups in total. The number of nitrogens with one attached hydrogen (secondary N) is 1. The first-order valence-corrected chi connectivity index (χ1v) is 11.6. The molecule has 2 nitrogen and oxygen atoms in total. The number of fused-ring (bicyclic) bond motifs is 1. The van der Waals surface area contributed by atoms with E-state index in [4.69, 9.17) is 27.9 Å². The third-order valence-corrected chi connectivity index (χ3v) is 6.53. The Balaban J connectivity index is 1.57. The Morgan fingerprint density at radius 3 is 2.43 bits per heavy atom. The van der Waals surface area contributed by atoms with Crippen molar-refractivity contribution in [2.24, 2.45) is 0 Å². The Labute approximate surface area is 202 Å². The lowest BCUT2D eigenvalue weighted by atomic mass is 10.1. The van der Waals surface area contributed by atoms with E-state index in [1.807, 2.05) is 36.4 Å². The Morgan fingerprint density at radius 1 is 0.800 bits per heavy atom. The summed E-state index contributed by atoms with van der Waals surface area (Å²) in [5.74, 6) is 0.804. The molecule has 0 saturated heterocycles. The van der Waals surface area contributed by atoms with Crippen molar-refractivity contribution in [1.82, 2.24) is 0 Å². The number of hydrogen-bond donors (Lipinski definition) is 1. The number of benzene rings is 4. The van der Waals surface area contributed by atoms with E-state index in [9.17, 15) is 0 Å². The van der Waals surface area contributed by atoms with Crippen LogP contribution in [0, 0.1) is 0 Å². The summed E-state index contributed by atoms with van der Waals surface area (Å²) in [4.78, 5) is 0. The second kappa shape index (κ2) is 9.61. The molecule has 4 aromatic carbocycles. The summed E-state index contributed by atoms with van der Waals surface area (Å²) in [5.41, 5.74) is 3.05. The summed E-state index contributed by atoms with van der Waals surface area (Å²) in [7, 11) is 0. The van der Waals surface area contributed by atoms with Crippen molar-refractivity contribution in [3.8, 4) is 5.75 Å². The van der Waals surface area contributed by atoms with Gasteiger partial charge in [0.1, 0.15) is 12.4 Å². The van der Waals surface area contributed by atoms with Crippen molar-refractivity contribution >= 4 is 71.5 Å². The second-order valence-electron chi connectivity index (χ2n) is 6.79. The van der Waals surface area contributed by atoms with Crippen LogP contribution in [0.2, 0.25) is 10.0 Å². The lowest BCUT2D eigenvalue weighted by molar-refractivity contribution is 0.302. The maximum atomic E-state index is 6.29. The molecule has 0 aromatic heterocycles. The van der Waals surface area contributed by atoms with Crippen LogP contribution in [0.1, 0.15) is 11.1 Å². The fourth-order valence-corrected chi connectivity index (χ4v) is 5.00. The molecule has 0 atom stereocenters. The van der Waals surface area contributed by atoms with Crippen LogP contribution in [0.4, 0.5) is 5.69 Å². The maximum absolute atomic E-state index is 6.29. The van der Waals surface area contributed by atoms with E-state index < -0.39 is 0 Å². The first kappa shape index (κ1) is 21.5. The molecule has 0 unspecified atom stereocenters. The van der Waals surface area contributed by atoms with E-state index >= 15 is 0 Å². The molecule has 0 saturated carbocycles. The predicted molar refractivity (Wildman–Crippen MR) is 134 cm³/mol. The number of halogens is 4. The van der Waals surface area contributed by atoms with E-state index in [2.05, 4.69) is 67.5 Å². The SMILES string of the molecule is Clc1ccc(NCc2cc(Br)cc(Br)c2OCc2cccc3ccccc23)cc1Cl. The third kappa shape index (κ3) is 4.94. The molecule has 0 aliphatic carbocycles. The molecule has 0 amide bonds. The van der Waals surface area contributed by atoms with Gasteiger partial charge in [-0.25, -0.2) is 0 Å². The standard InChI is InChI=1S/C24H17Br2Cl2NO/c25-18-10-17(13-29-19-8-9-22(27)23(28)12-19)24(21(26)11-18)30-14-16-6-3-5-15-4-1-2-7-20(15)16/h1-12,29H,13-14H2. The summed E-state index contributed by atoms with van der Waals surface area (Å²) in [6.07, 6.45) is 0. The topological polar surface area (TPSA) is 21.3 Å². The number of rotatable bonds is 6. The minimum atomic E-state index is 0.474. The second-order valence-corrected chi connectivity index (χ2v) is 9.37. The van der Waals surface area contributed by atoms with Crippen molar-refractivity contribution in [3.63, 3.8) is 0 Å². The molecular weight excluding hydrogens is 549 g/mol. The molecule has 0 bridgehead atoms. The van der Waals surface area contributed by atoms with Gasteiger partial charge in [-0.15, -0.1) is 0 Å². The lowest BCUT2D eigenvalue weighted by Crippen LogP contribution is -2.05. The first-order chi connectivity index (χ1) is 14.5. The molecule has 0 heterocycles. The molecule has 0 spiro atoms. The molecule has 30 heavy (non-hydrogen) atoms. The smallest absolute Gasteiger partial charge is 0.139 e. The summed E-state index contributed by atoms with van der Waals surface area (Å²) in [6.45, 7) is 1.04. The molecule has 4 rings (SSSR count). The van der Waals surface area contributed by atoms with E-state index in [1.54, 1.807) is 6.07 Å². The summed E-state index contributed by atoms with van der Waals surface area (Å²) < 4.78 is 8.16. The molecule has 6 heteroatoms.